The van der Waals surface area contributed by atoms with Crippen molar-refractivity contribution in [1.82, 2.24) is 9.88 Å². The van der Waals surface area contributed by atoms with Crippen molar-refractivity contribution in [3.05, 3.63) is 28.0 Å². The zero-order valence-corrected chi connectivity index (χ0v) is 13.9. The van der Waals surface area contributed by atoms with E-state index in [2.05, 4.69) is 16.0 Å². The van der Waals surface area contributed by atoms with Gasteiger partial charge in [0.15, 0.2) is 0 Å². The van der Waals surface area contributed by atoms with E-state index in [0.717, 1.165) is 17.7 Å². The quantitative estimate of drug-likeness (QED) is 0.632. The number of nitriles is 1. The van der Waals surface area contributed by atoms with Crippen LogP contribution in [0.15, 0.2) is 6.07 Å². The van der Waals surface area contributed by atoms with Crippen LogP contribution in [0.1, 0.15) is 36.1 Å². The van der Waals surface area contributed by atoms with Crippen molar-refractivity contribution in [2.24, 2.45) is 0 Å². The number of pyridine rings is 1. The van der Waals surface area contributed by atoms with Crippen LogP contribution in [0, 0.1) is 18.3 Å². The van der Waals surface area contributed by atoms with Crippen LogP contribution in [0.3, 0.4) is 0 Å². The van der Waals surface area contributed by atoms with Crippen LogP contribution >= 0.6 is 11.6 Å². The average Bonchev–Trinajstić information content (AvgIpc) is 2.63. The van der Waals surface area contributed by atoms with Gasteiger partial charge in [0.25, 0.3) is 0 Å². The number of aromatic nitrogens is 1. The van der Waals surface area contributed by atoms with Crippen molar-refractivity contribution in [3.8, 4) is 6.07 Å². The van der Waals surface area contributed by atoms with Crippen molar-refractivity contribution in [3.63, 3.8) is 0 Å². The van der Waals surface area contributed by atoms with Gasteiger partial charge in [-0.05, 0) is 50.6 Å². The molecule has 22 heavy (non-hydrogen) atoms. The van der Waals surface area contributed by atoms with Gasteiger partial charge in [0.1, 0.15) is 10.6 Å². The fourth-order valence-corrected chi connectivity index (χ4v) is 3.20. The predicted octanol–water partition coefficient (Wildman–Crippen LogP) is 2.59. The predicted molar refractivity (Wildman–Crippen MR) is 83.5 cm³/mol. The molecule has 5 nitrogen and oxygen atoms in total. The number of aryl methyl sites for hydroxylation is 1. The molecule has 118 valence electrons. The molecule has 2 heterocycles. The molecule has 0 saturated carbocycles. The van der Waals surface area contributed by atoms with E-state index in [1.54, 1.807) is 0 Å². The Morgan fingerprint density at radius 3 is 3.00 bits per heavy atom. The third kappa shape index (κ3) is 2.94. The molecule has 0 radical (unpaired) electrons. The summed E-state index contributed by atoms with van der Waals surface area (Å²) in [6.45, 7) is 3.33. The van der Waals surface area contributed by atoms with E-state index in [0.29, 0.717) is 30.2 Å². The highest BCUT2D eigenvalue weighted by Crippen LogP contribution is 2.39. The number of halogens is 1. The average molecular weight is 322 g/mol. The zero-order chi connectivity index (χ0) is 16.3. The van der Waals surface area contributed by atoms with Gasteiger partial charge in [-0.3, -0.25) is 4.79 Å². The second-order valence-electron chi connectivity index (χ2n) is 5.82. The molecule has 0 bridgehead atoms. The van der Waals surface area contributed by atoms with Gasteiger partial charge >= 0.3 is 5.97 Å². The number of carbonyl (C=O) groups is 1. The number of esters is 1. The fraction of sp³-hybridized carbons (Fsp3) is 0.562. The molecule has 2 rings (SSSR count). The minimum atomic E-state index is -0.901. The Morgan fingerprint density at radius 1 is 1.64 bits per heavy atom. The lowest BCUT2D eigenvalue weighted by atomic mass is 9.75. The smallest absolute Gasteiger partial charge is 0.317 e. The number of ether oxygens (including phenoxy) is 1. The number of hydrogen-bond donors (Lipinski definition) is 0. The summed E-state index contributed by atoms with van der Waals surface area (Å²) in [5.41, 5.74) is 1.62. The molecular weight excluding hydrogens is 302 g/mol. The van der Waals surface area contributed by atoms with E-state index in [4.69, 9.17) is 21.6 Å². The molecule has 0 amide bonds. The summed E-state index contributed by atoms with van der Waals surface area (Å²) in [5.74, 6) is -0.341. The van der Waals surface area contributed by atoms with E-state index in [9.17, 15) is 4.79 Å². The van der Waals surface area contributed by atoms with Gasteiger partial charge in [-0.1, -0.05) is 11.6 Å². The largest absolute Gasteiger partial charge is 0.468 e. The highest BCUT2D eigenvalue weighted by molar-refractivity contribution is 6.30. The first kappa shape index (κ1) is 16.7. The zero-order valence-electron chi connectivity index (χ0n) is 13.1. The highest BCUT2D eigenvalue weighted by Gasteiger charge is 2.45. The summed E-state index contributed by atoms with van der Waals surface area (Å²) in [6.07, 6.45) is 1.23. The molecule has 0 aromatic carbocycles. The summed E-state index contributed by atoms with van der Waals surface area (Å²) in [6, 6.07) is 4.11. The molecule has 1 atom stereocenters. The van der Waals surface area contributed by atoms with Gasteiger partial charge in [0.2, 0.25) is 0 Å². The minimum Gasteiger partial charge on any atom is -0.468 e. The van der Waals surface area contributed by atoms with Crippen molar-refractivity contribution < 1.29 is 9.53 Å². The second kappa shape index (κ2) is 6.64. The molecule has 0 aliphatic carbocycles. The van der Waals surface area contributed by atoms with E-state index in [1.165, 1.54) is 7.11 Å². The van der Waals surface area contributed by atoms with E-state index >= 15 is 0 Å². The number of fused-ring (bicyclic) bond motifs is 1. The Labute approximate surface area is 135 Å². The lowest BCUT2D eigenvalue weighted by Crippen LogP contribution is -2.39. The number of methoxy groups -OCH3 is 1. The monoisotopic (exact) mass is 321 g/mol. The molecule has 1 unspecified atom stereocenters. The maximum Gasteiger partial charge on any atom is 0.317 e. The summed E-state index contributed by atoms with van der Waals surface area (Å²) in [7, 11) is 3.38. The summed E-state index contributed by atoms with van der Waals surface area (Å²) in [4.78, 5) is 19.2. The van der Waals surface area contributed by atoms with Crippen LogP contribution in [-0.4, -0.2) is 36.6 Å². The molecule has 0 N–H and O–H groups in total. The number of carbonyl (C=O) groups excluding carboxylic acids is 1. The highest BCUT2D eigenvalue weighted by atomic mass is 35.5. The SMILES string of the molecule is COC(=O)C1(CCC#N)CCN(C)Cc2cc(C)c(Cl)nc21. The lowest BCUT2D eigenvalue weighted by molar-refractivity contribution is -0.148. The number of nitrogens with zero attached hydrogens (tertiary/aromatic N) is 3. The first-order valence-corrected chi connectivity index (χ1v) is 7.63. The van der Waals surface area contributed by atoms with Crippen LogP contribution < -0.4 is 0 Å². The van der Waals surface area contributed by atoms with Crippen LogP contribution in [0.25, 0.3) is 0 Å². The Balaban J connectivity index is 2.65. The molecule has 1 aromatic rings. The minimum absolute atomic E-state index is 0.269. The van der Waals surface area contributed by atoms with Crippen molar-refractivity contribution >= 4 is 17.6 Å². The topological polar surface area (TPSA) is 66.2 Å². The molecule has 0 fully saturated rings. The van der Waals surface area contributed by atoms with Crippen LogP contribution in [0.2, 0.25) is 5.15 Å². The maximum atomic E-state index is 12.6. The molecule has 6 heteroatoms. The van der Waals surface area contributed by atoms with Crippen LogP contribution in [0.4, 0.5) is 0 Å². The standard InChI is InChI=1S/C16H20ClN3O2/c1-11-9-12-10-20(2)8-6-16(5-4-7-18,15(21)22-3)13(12)19-14(11)17/h9H,4-6,8,10H2,1-3H3. The molecular formula is C16H20ClN3O2. The fourth-order valence-electron chi connectivity index (χ4n) is 3.06. The van der Waals surface area contributed by atoms with E-state index in [1.807, 2.05) is 20.0 Å². The van der Waals surface area contributed by atoms with Crippen molar-refractivity contribution in [2.75, 3.05) is 20.7 Å². The summed E-state index contributed by atoms with van der Waals surface area (Å²) >= 11 is 6.20. The Bertz CT molecular complexity index is 627. The van der Waals surface area contributed by atoms with E-state index in [-0.39, 0.29) is 12.4 Å². The molecule has 1 aliphatic rings. The van der Waals surface area contributed by atoms with Gasteiger partial charge in [-0.25, -0.2) is 4.98 Å². The van der Waals surface area contributed by atoms with E-state index < -0.39 is 5.41 Å². The van der Waals surface area contributed by atoms with Gasteiger partial charge < -0.3 is 9.64 Å². The van der Waals surface area contributed by atoms with Crippen LogP contribution in [-0.2, 0) is 21.5 Å². The van der Waals surface area contributed by atoms with Gasteiger partial charge in [0.05, 0.1) is 18.9 Å². The summed E-state index contributed by atoms with van der Waals surface area (Å²) in [5, 5.41) is 9.37. The third-order valence-corrected chi connectivity index (χ3v) is 4.67. The van der Waals surface area contributed by atoms with Gasteiger partial charge in [-0.2, -0.15) is 5.26 Å². The second-order valence-corrected chi connectivity index (χ2v) is 6.18. The summed E-state index contributed by atoms with van der Waals surface area (Å²) < 4.78 is 5.06. The Kier molecular flexibility index (Phi) is 5.05. The normalized spacial score (nSPS) is 21.6. The number of hydrogen-bond acceptors (Lipinski definition) is 5. The molecule has 0 saturated heterocycles. The Hall–Kier alpha value is -1.64. The van der Waals surface area contributed by atoms with Crippen molar-refractivity contribution in [2.45, 2.75) is 38.1 Å². The first-order chi connectivity index (χ1) is 10.4. The van der Waals surface area contributed by atoms with Gasteiger partial charge in [-0.15, -0.1) is 0 Å². The van der Waals surface area contributed by atoms with Crippen LogP contribution in [0.5, 0.6) is 0 Å². The molecule has 1 aromatic heterocycles. The Morgan fingerprint density at radius 2 is 2.36 bits per heavy atom. The lowest BCUT2D eigenvalue weighted by Gasteiger charge is -2.30. The first-order valence-electron chi connectivity index (χ1n) is 7.25. The third-order valence-electron chi connectivity index (χ3n) is 4.28. The van der Waals surface area contributed by atoms with Gasteiger partial charge in [0, 0.05) is 13.0 Å². The molecule has 1 aliphatic heterocycles. The maximum absolute atomic E-state index is 12.6. The number of rotatable bonds is 3. The van der Waals surface area contributed by atoms with Crippen molar-refractivity contribution in [1.29, 1.82) is 5.26 Å². The molecule has 0 spiro atoms.